The van der Waals surface area contributed by atoms with E-state index in [-0.39, 0.29) is 24.8 Å². The number of nitrogens with zero attached hydrogens (tertiary/aromatic N) is 1. The third-order valence-electron chi connectivity index (χ3n) is 3.92. The summed E-state index contributed by atoms with van der Waals surface area (Å²) in [7, 11) is 1.48. The van der Waals surface area contributed by atoms with Gasteiger partial charge in [0.05, 0.1) is 6.10 Å². The molecule has 1 N–H and O–H groups in total. The predicted molar refractivity (Wildman–Crippen MR) is 79.7 cm³/mol. The first-order valence-electron chi connectivity index (χ1n) is 7.45. The lowest BCUT2D eigenvalue weighted by atomic mass is 10.2. The molecule has 1 amide bonds. The molecule has 0 radical (unpaired) electrons. The molecule has 126 valence electrons. The van der Waals surface area contributed by atoms with Gasteiger partial charge < -0.3 is 19.5 Å². The third kappa shape index (κ3) is 3.79. The second kappa shape index (κ2) is 7.41. The lowest BCUT2D eigenvalue weighted by Gasteiger charge is -2.26. The fourth-order valence-electron chi connectivity index (χ4n) is 2.63. The lowest BCUT2D eigenvalue weighted by Crippen LogP contribution is -2.47. The molecule has 0 saturated carbocycles. The molecule has 23 heavy (non-hydrogen) atoms. The highest BCUT2D eigenvalue weighted by Gasteiger charge is 2.42. The molecular formula is C16H20FNO5. The van der Waals surface area contributed by atoms with E-state index < -0.39 is 29.8 Å². The summed E-state index contributed by atoms with van der Waals surface area (Å²) < 4.78 is 24.3. The summed E-state index contributed by atoms with van der Waals surface area (Å²) >= 11 is 0. The maximum atomic E-state index is 13.7. The van der Waals surface area contributed by atoms with Crippen LogP contribution >= 0.6 is 0 Å². The van der Waals surface area contributed by atoms with Crippen molar-refractivity contribution in [2.75, 3.05) is 13.7 Å². The Morgan fingerprint density at radius 3 is 2.70 bits per heavy atom. The second-order valence-corrected chi connectivity index (χ2v) is 5.38. The average Bonchev–Trinajstić information content (AvgIpc) is 2.98. The van der Waals surface area contributed by atoms with E-state index in [9.17, 15) is 19.1 Å². The maximum Gasteiger partial charge on any atom is 0.326 e. The Hall–Kier alpha value is -2.15. The van der Waals surface area contributed by atoms with Crippen molar-refractivity contribution >= 4 is 11.9 Å². The minimum atomic E-state index is -1.08. The van der Waals surface area contributed by atoms with Gasteiger partial charge in [-0.1, -0.05) is 19.1 Å². The Labute approximate surface area is 133 Å². The van der Waals surface area contributed by atoms with Gasteiger partial charge in [0.25, 0.3) is 5.91 Å². The Bertz CT molecular complexity index is 579. The van der Waals surface area contributed by atoms with E-state index in [4.69, 9.17) is 9.47 Å². The minimum Gasteiger partial charge on any atom is -0.480 e. The van der Waals surface area contributed by atoms with E-state index in [2.05, 4.69) is 0 Å². The Kier molecular flexibility index (Phi) is 5.54. The molecule has 3 unspecified atom stereocenters. The first-order chi connectivity index (χ1) is 11.0. The number of carbonyl (C=O) groups excluding carboxylic acids is 1. The monoisotopic (exact) mass is 325 g/mol. The summed E-state index contributed by atoms with van der Waals surface area (Å²) in [5.74, 6) is -2.15. The van der Waals surface area contributed by atoms with E-state index in [0.717, 1.165) is 0 Å². The fraction of sp³-hybridized carbons (Fsp3) is 0.500. The van der Waals surface area contributed by atoms with E-state index in [1.807, 2.05) is 0 Å². The molecule has 7 heteroatoms. The van der Waals surface area contributed by atoms with Gasteiger partial charge in [-0.25, -0.2) is 9.18 Å². The average molecular weight is 325 g/mol. The van der Waals surface area contributed by atoms with Crippen LogP contribution in [0.5, 0.6) is 5.75 Å². The number of likely N-dealkylation sites (tertiary alicyclic amines) is 1. The molecule has 1 aromatic carbocycles. The van der Waals surface area contributed by atoms with Crippen LogP contribution in [0.25, 0.3) is 0 Å². The molecule has 0 bridgehead atoms. The van der Waals surface area contributed by atoms with Gasteiger partial charge in [-0.05, 0) is 18.6 Å². The summed E-state index contributed by atoms with van der Waals surface area (Å²) in [6.07, 6.45) is -0.739. The number of aliphatic carboxylic acids is 1. The fourth-order valence-corrected chi connectivity index (χ4v) is 2.63. The van der Waals surface area contributed by atoms with E-state index >= 15 is 0 Å². The number of ether oxygens (including phenoxy) is 2. The number of hydrogen-bond acceptors (Lipinski definition) is 4. The molecule has 1 fully saturated rings. The van der Waals surface area contributed by atoms with Crippen LogP contribution in [0.3, 0.4) is 0 Å². The molecule has 3 atom stereocenters. The van der Waals surface area contributed by atoms with Crippen molar-refractivity contribution in [3.05, 3.63) is 30.1 Å². The highest BCUT2D eigenvalue weighted by molar-refractivity contribution is 5.87. The maximum absolute atomic E-state index is 13.7. The molecule has 1 aromatic rings. The predicted octanol–water partition coefficient (Wildman–Crippen LogP) is 1.68. The Balaban J connectivity index is 2.15. The molecule has 6 nitrogen and oxygen atoms in total. The van der Waals surface area contributed by atoms with Crippen molar-refractivity contribution in [2.24, 2.45) is 0 Å². The molecule has 0 aliphatic carbocycles. The van der Waals surface area contributed by atoms with Crippen LogP contribution in [0.4, 0.5) is 4.39 Å². The van der Waals surface area contributed by atoms with Crippen LogP contribution in [0, 0.1) is 5.82 Å². The molecular weight excluding hydrogens is 305 g/mol. The Morgan fingerprint density at radius 1 is 1.43 bits per heavy atom. The van der Waals surface area contributed by atoms with Crippen molar-refractivity contribution in [1.82, 2.24) is 4.90 Å². The van der Waals surface area contributed by atoms with Crippen LogP contribution in [0.15, 0.2) is 24.3 Å². The van der Waals surface area contributed by atoms with Gasteiger partial charge >= 0.3 is 5.97 Å². The topological polar surface area (TPSA) is 76.1 Å². The highest BCUT2D eigenvalue weighted by Crippen LogP contribution is 2.24. The van der Waals surface area contributed by atoms with E-state index in [1.165, 1.54) is 30.2 Å². The van der Waals surface area contributed by atoms with E-state index in [0.29, 0.717) is 6.42 Å². The number of carbonyl (C=O) groups is 2. The van der Waals surface area contributed by atoms with Crippen LogP contribution in [-0.2, 0) is 14.3 Å². The van der Waals surface area contributed by atoms with Gasteiger partial charge in [0.2, 0.25) is 0 Å². The number of carboxylic acid groups (broad SMARTS) is 1. The number of carboxylic acids is 1. The normalized spacial score (nSPS) is 22.0. The zero-order chi connectivity index (χ0) is 17.0. The van der Waals surface area contributed by atoms with Crippen LogP contribution in [0.1, 0.15) is 19.8 Å². The lowest BCUT2D eigenvalue weighted by molar-refractivity contribution is -0.151. The zero-order valence-corrected chi connectivity index (χ0v) is 13.1. The number of methoxy groups -OCH3 is 1. The van der Waals surface area contributed by atoms with Crippen LogP contribution in [0.2, 0.25) is 0 Å². The molecule has 0 aromatic heterocycles. The number of halogens is 1. The molecule has 1 saturated heterocycles. The van der Waals surface area contributed by atoms with Gasteiger partial charge in [0.15, 0.2) is 17.7 Å². The first-order valence-corrected chi connectivity index (χ1v) is 7.45. The number of benzene rings is 1. The van der Waals surface area contributed by atoms with Crippen molar-refractivity contribution in [3.63, 3.8) is 0 Å². The largest absolute Gasteiger partial charge is 0.480 e. The zero-order valence-electron chi connectivity index (χ0n) is 13.1. The van der Waals surface area contributed by atoms with Gasteiger partial charge in [0, 0.05) is 20.1 Å². The van der Waals surface area contributed by atoms with E-state index in [1.54, 1.807) is 13.0 Å². The molecule has 1 aliphatic heterocycles. The smallest absolute Gasteiger partial charge is 0.326 e. The summed E-state index contributed by atoms with van der Waals surface area (Å²) in [5.41, 5.74) is 0. The van der Waals surface area contributed by atoms with Crippen molar-refractivity contribution in [1.29, 1.82) is 0 Å². The Morgan fingerprint density at radius 2 is 2.13 bits per heavy atom. The van der Waals surface area contributed by atoms with Gasteiger partial charge in [-0.2, -0.15) is 0 Å². The minimum absolute atomic E-state index is 0.0259. The van der Waals surface area contributed by atoms with Crippen molar-refractivity contribution in [3.8, 4) is 5.75 Å². The van der Waals surface area contributed by atoms with Crippen LogP contribution in [-0.4, -0.2) is 53.8 Å². The van der Waals surface area contributed by atoms with Crippen LogP contribution < -0.4 is 4.74 Å². The number of amides is 1. The van der Waals surface area contributed by atoms with Crippen molar-refractivity contribution in [2.45, 2.75) is 38.0 Å². The summed E-state index contributed by atoms with van der Waals surface area (Å²) in [6.45, 7) is 1.91. The quantitative estimate of drug-likeness (QED) is 0.861. The van der Waals surface area contributed by atoms with Gasteiger partial charge in [-0.3, -0.25) is 4.79 Å². The molecule has 2 rings (SSSR count). The third-order valence-corrected chi connectivity index (χ3v) is 3.92. The molecule has 0 spiro atoms. The van der Waals surface area contributed by atoms with Crippen molar-refractivity contribution < 1.29 is 28.6 Å². The SMILES string of the molecule is CCC(Oc1ccccc1F)C(=O)N1CC(OC)CC1C(=O)O. The summed E-state index contributed by atoms with van der Waals surface area (Å²) in [5, 5.41) is 9.28. The number of hydrogen-bond donors (Lipinski definition) is 1. The molecule has 1 aliphatic rings. The standard InChI is InChI=1S/C16H20FNO5/c1-3-13(23-14-7-5-4-6-11(14)17)15(19)18-9-10(22-2)8-12(18)16(20)21/h4-7,10,12-13H,3,8-9H2,1-2H3,(H,20,21). The number of rotatable bonds is 6. The van der Waals surface area contributed by atoms with Gasteiger partial charge in [0.1, 0.15) is 6.04 Å². The first kappa shape index (κ1) is 17.2. The second-order valence-electron chi connectivity index (χ2n) is 5.38. The highest BCUT2D eigenvalue weighted by atomic mass is 19.1. The molecule has 1 heterocycles. The van der Waals surface area contributed by atoms with Gasteiger partial charge in [-0.15, -0.1) is 0 Å². The summed E-state index contributed by atoms with van der Waals surface area (Å²) in [6, 6.07) is 4.85. The summed E-state index contributed by atoms with van der Waals surface area (Å²) in [4.78, 5) is 25.2. The number of para-hydroxylation sites is 1.